The van der Waals surface area contributed by atoms with E-state index in [1.165, 1.54) is 50.3 Å². The van der Waals surface area contributed by atoms with Gasteiger partial charge in [-0.3, -0.25) is 9.69 Å². The summed E-state index contributed by atoms with van der Waals surface area (Å²) in [5.74, 6) is 2.56. The van der Waals surface area contributed by atoms with Gasteiger partial charge in [0.1, 0.15) is 0 Å². The van der Waals surface area contributed by atoms with Crippen molar-refractivity contribution >= 4 is 42.5 Å². The summed E-state index contributed by atoms with van der Waals surface area (Å²) in [6.07, 6.45) is 5.06. The van der Waals surface area contributed by atoms with Crippen LogP contribution in [0.25, 0.3) is 0 Å². The van der Waals surface area contributed by atoms with Crippen LogP contribution < -0.4 is 10.6 Å². The number of ether oxygens (including phenoxy) is 1. The van der Waals surface area contributed by atoms with Gasteiger partial charge in [-0.2, -0.15) is 11.8 Å². The molecule has 1 amide bonds. The number of carbonyl (C=O) groups excluding carboxylic acids is 1. The summed E-state index contributed by atoms with van der Waals surface area (Å²) in [6.45, 7) is 4.90. The minimum atomic E-state index is 0. The molecule has 1 aliphatic carbocycles. The minimum Gasteiger partial charge on any atom is -0.383 e. The first-order valence-electron chi connectivity index (χ1n) is 8.06. The monoisotopic (exact) mass is 387 g/mol. The number of halogens is 2. The fraction of sp³-hybridized carbons (Fsp3) is 0.933. The van der Waals surface area contributed by atoms with Gasteiger partial charge in [0, 0.05) is 50.3 Å². The summed E-state index contributed by atoms with van der Waals surface area (Å²) < 4.78 is 4.96. The fourth-order valence-corrected chi connectivity index (χ4v) is 4.28. The molecule has 0 unspecified atom stereocenters. The van der Waals surface area contributed by atoms with Gasteiger partial charge in [0.05, 0.1) is 13.2 Å². The SMILES string of the molecule is COCCNCC(=O)NCC1(N2CCSCC2)CCCC1.Cl.Cl. The number of hydrogen-bond donors (Lipinski definition) is 2. The highest BCUT2D eigenvalue weighted by atomic mass is 35.5. The Bertz CT molecular complexity index is 326. The third-order valence-electron chi connectivity index (χ3n) is 4.60. The van der Waals surface area contributed by atoms with Crippen molar-refractivity contribution in [2.75, 3.05) is 57.9 Å². The molecule has 5 nitrogen and oxygen atoms in total. The lowest BCUT2D eigenvalue weighted by atomic mass is 9.94. The lowest BCUT2D eigenvalue weighted by molar-refractivity contribution is -0.121. The lowest BCUT2D eigenvalue weighted by Gasteiger charge is -2.43. The van der Waals surface area contributed by atoms with Gasteiger partial charge in [0.2, 0.25) is 5.91 Å². The van der Waals surface area contributed by atoms with Crippen LogP contribution in [0.3, 0.4) is 0 Å². The molecule has 2 N–H and O–H groups in total. The Morgan fingerprint density at radius 2 is 1.87 bits per heavy atom. The molecule has 1 aliphatic heterocycles. The van der Waals surface area contributed by atoms with E-state index >= 15 is 0 Å². The fourth-order valence-electron chi connectivity index (χ4n) is 3.38. The maximum absolute atomic E-state index is 12.0. The topological polar surface area (TPSA) is 53.6 Å². The average Bonchev–Trinajstić information content (AvgIpc) is 3.01. The maximum Gasteiger partial charge on any atom is 0.234 e. The zero-order valence-electron chi connectivity index (χ0n) is 14.0. The number of nitrogens with one attached hydrogen (secondary N) is 2. The molecule has 0 aromatic rings. The van der Waals surface area contributed by atoms with E-state index in [0.29, 0.717) is 13.2 Å². The van der Waals surface area contributed by atoms with Crippen LogP contribution in [-0.4, -0.2) is 74.3 Å². The number of amides is 1. The van der Waals surface area contributed by atoms with Crippen molar-refractivity contribution < 1.29 is 9.53 Å². The molecular formula is C15H31Cl2N3O2S. The van der Waals surface area contributed by atoms with Gasteiger partial charge in [0.25, 0.3) is 0 Å². The minimum absolute atomic E-state index is 0. The Morgan fingerprint density at radius 1 is 1.22 bits per heavy atom. The molecule has 1 saturated heterocycles. The van der Waals surface area contributed by atoms with Crippen LogP contribution in [-0.2, 0) is 9.53 Å². The first-order valence-corrected chi connectivity index (χ1v) is 9.21. The van der Waals surface area contributed by atoms with Gasteiger partial charge in [-0.15, -0.1) is 24.8 Å². The van der Waals surface area contributed by atoms with Gasteiger partial charge in [-0.05, 0) is 12.8 Å². The van der Waals surface area contributed by atoms with Gasteiger partial charge >= 0.3 is 0 Å². The molecule has 138 valence electrons. The smallest absolute Gasteiger partial charge is 0.234 e. The Hall–Kier alpha value is 0.280. The number of thioether (sulfide) groups is 1. The largest absolute Gasteiger partial charge is 0.383 e. The van der Waals surface area contributed by atoms with Crippen LogP contribution in [0.1, 0.15) is 25.7 Å². The van der Waals surface area contributed by atoms with Crippen LogP contribution in [0.2, 0.25) is 0 Å². The number of rotatable bonds is 8. The van der Waals surface area contributed by atoms with Crippen LogP contribution in [0, 0.1) is 0 Å². The summed E-state index contributed by atoms with van der Waals surface area (Å²) in [6, 6.07) is 0. The normalized spacial score (nSPS) is 20.4. The standard InChI is InChI=1S/C15H29N3O2S.2ClH/c1-20-9-6-16-12-14(19)17-13-15(4-2-3-5-15)18-7-10-21-11-8-18;;/h16H,2-13H2,1H3,(H,17,19);2*1H. The molecule has 2 aliphatic rings. The van der Waals surface area contributed by atoms with E-state index in [1.807, 2.05) is 11.8 Å². The van der Waals surface area contributed by atoms with Crippen molar-refractivity contribution in [3.05, 3.63) is 0 Å². The third-order valence-corrected chi connectivity index (χ3v) is 5.54. The predicted molar refractivity (Wildman–Crippen MR) is 102 cm³/mol. The van der Waals surface area contributed by atoms with Crippen molar-refractivity contribution in [3.8, 4) is 0 Å². The van der Waals surface area contributed by atoms with Gasteiger partial charge in [-0.1, -0.05) is 12.8 Å². The van der Waals surface area contributed by atoms with Crippen molar-refractivity contribution in [1.82, 2.24) is 15.5 Å². The molecule has 0 spiro atoms. The van der Waals surface area contributed by atoms with Crippen LogP contribution in [0.5, 0.6) is 0 Å². The van der Waals surface area contributed by atoms with Gasteiger partial charge in [-0.25, -0.2) is 0 Å². The number of methoxy groups -OCH3 is 1. The number of nitrogens with zero attached hydrogens (tertiary/aromatic N) is 1. The Balaban J connectivity index is 0.00000242. The van der Waals surface area contributed by atoms with Gasteiger partial charge in [0.15, 0.2) is 0 Å². The van der Waals surface area contributed by atoms with Gasteiger partial charge < -0.3 is 15.4 Å². The van der Waals surface area contributed by atoms with E-state index < -0.39 is 0 Å². The summed E-state index contributed by atoms with van der Waals surface area (Å²) in [5, 5.41) is 6.25. The average molecular weight is 388 g/mol. The third kappa shape index (κ3) is 7.36. The van der Waals surface area contributed by atoms with Crippen molar-refractivity contribution in [1.29, 1.82) is 0 Å². The summed E-state index contributed by atoms with van der Waals surface area (Å²) >= 11 is 2.05. The van der Waals surface area contributed by atoms with E-state index in [0.717, 1.165) is 13.1 Å². The maximum atomic E-state index is 12.0. The molecule has 0 bridgehead atoms. The Morgan fingerprint density at radius 3 is 2.48 bits per heavy atom. The Labute approximate surface area is 156 Å². The van der Waals surface area contributed by atoms with Crippen molar-refractivity contribution in [2.45, 2.75) is 31.2 Å². The summed E-state index contributed by atoms with van der Waals surface area (Å²) in [4.78, 5) is 14.6. The van der Waals surface area contributed by atoms with Crippen LogP contribution in [0.4, 0.5) is 0 Å². The highest BCUT2D eigenvalue weighted by molar-refractivity contribution is 7.99. The summed E-state index contributed by atoms with van der Waals surface area (Å²) in [7, 11) is 1.67. The second-order valence-corrected chi connectivity index (χ2v) is 7.20. The first kappa shape index (κ1) is 23.3. The second kappa shape index (κ2) is 12.6. The molecule has 0 aromatic carbocycles. The molecule has 2 rings (SSSR count). The Kier molecular flexibility index (Phi) is 12.8. The second-order valence-electron chi connectivity index (χ2n) is 5.98. The molecule has 23 heavy (non-hydrogen) atoms. The van der Waals surface area contributed by atoms with Crippen LogP contribution in [0.15, 0.2) is 0 Å². The quantitative estimate of drug-likeness (QED) is 0.618. The predicted octanol–water partition coefficient (Wildman–Crippen LogP) is 1.54. The van der Waals surface area contributed by atoms with Crippen molar-refractivity contribution in [2.24, 2.45) is 0 Å². The van der Waals surface area contributed by atoms with E-state index in [2.05, 4.69) is 15.5 Å². The van der Waals surface area contributed by atoms with E-state index in [-0.39, 0.29) is 36.3 Å². The van der Waals surface area contributed by atoms with E-state index in [1.54, 1.807) is 7.11 Å². The van der Waals surface area contributed by atoms with E-state index in [9.17, 15) is 4.79 Å². The molecule has 8 heteroatoms. The lowest BCUT2D eigenvalue weighted by Crippen LogP contribution is -2.57. The zero-order valence-corrected chi connectivity index (χ0v) is 16.4. The molecular weight excluding hydrogens is 357 g/mol. The highest BCUT2D eigenvalue weighted by Crippen LogP contribution is 2.36. The molecule has 1 saturated carbocycles. The van der Waals surface area contributed by atoms with Crippen molar-refractivity contribution in [3.63, 3.8) is 0 Å². The van der Waals surface area contributed by atoms with Crippen LogP contribution >= 0.6 is 36.6 Å². The molecule has 1 heterocycles. The first-order chi connectivity index (χ1) is 10.3. The molecule has 0 atom stereocenters. The molecule has 2 fully saturated rings. The summed E-state index contributed by atoms with van der Waals surface area (Å²) in [5.41, 5.74) is 0.225. The molecule has 0 radical (unpaired) electrons. The number of hydrogen-bond acceptors (Lipinski definition) is 5. The highest BCUT2D eigenvalue weighted by Gasteiger charge is 2.40. The van der Waals surface area contributed by atoms with E-state index in [4.69, 9.17) is 4.74 Å². The zero-order chi connectivity index (χ0) is 15.0. The molecule has 0 aromatic heterocycles. The number of carbonyl (C=O) groups is 1.